The molecule has 1 saturated heterocycles. The van der Waals surface area contributed by atoms with Crippen molar-refractivity contribution in [2.24, 2.45) is 0 Å². The molecule has 0 radical (unpaired) electrons. The average Bonchev–Trinajstić information content (AvgIpc) is 3.09. The number of ether oxygens (including phenoxy) is 1. The van der Waals surface area contributed by atoms with Gasteiger partial charge in [-0.2, -0.15) is 0 Å². The third-order valence-corrected chi connectivity index (χ3v) is 4.04. The van der Waals surface area contributed by atoms with Crippen LogP contribution in [-0.4, -0.2) is 36.2 Å². The summed E-state index contributed by atoms with van der Waals surface area (Å²) in [5.74, 6) is 1.06. The van der Waals surface area contributed by atoms with Gasteiger partial charge < -0.3 is 14.5 Å². The van der Waals surface area contributed by atoms with E-state index in [9.17, 15) is 0 Å². The van der Waals surface area contributed by atoms with Crippen molar-refractivity contribution >= 4 is 0 Å². The van der Waals surface area contributed by atoms with E-state index in [4.69, 9.17) is 9.15 Å². The van der Waals surface area contributed by atoms with Crippen LogP contribution in [0.25, 0.3) is 0 Å². The first-order valence-corrected chi connectivity index (χ1v) is 7.26. The molecule has 1 aromatic heterocycles. The summed E-state index contributed by atoms with van der Waals surface area (Å²) in [5, 5.41) is 3.51. The SMILES string of the molecule is CC1(C)COCCN1Cc1cc(CNC2CC2)co1. The van der Waals surface area contributed by atoms with E-state index in [1.54, 1.807) is 0 Å². The molecule has 0 unspecified atom stereocenters. The molecule has 1 N–H and O–H groups in total. The Balaban J connectivity index is 1.56. The van der Waals surface area contributed by atoms with E-state index in [0.29, 0.717) is 0 Å². The van der Waals surface area contributed by atoms with Crippen molar-refractivity contribution in [3.63, 3.8) is 0 Å². The van der Waals surface area contributed by atoms with Crippen LogP contribution in [0.1, 0.15) is 38.0 Å². The molecule has 0 aromatic carbocycles. The van der Waals surface area contributed by atoms with Crippen molar-refractivity contribution < 1.29 is 9.15 Å². The topological polar surface area (TPSA) is 37.6 Å². The lowest BCUT2D eigenvalue weighted by molar-refractivity contribution is -0.0577. The largest absolute Gasteiger partial charge is 0.468 e. The van der Waals surface area contributed by atoms with E-state index >= 15 is 0 Å². The Morgan fingerprint density at radius 3 is 3.00 bits per heavy atom. The summed E-state index contributed by atoms with van der Waals surface area (Å²) in [6, 6.07) is 2.93. The highest BCUT2D eigenvalue weighted by Gasteiger charge is 2.31. The van der Waals surface area contributed by atoms with Gasteiger partial charge in [0.05, 0.1) is 26.0 Å². The van der Waals surface area contributed by atoms with Gasteiger partial charge in [0.15, 0.2) is 0 Å². The van der Waals surface area contributed by atoms with Gasteiger partial charge in [-0.3, -0.25) is 4.90 Å². The molecule has 1 aliphatic heterocycles. The predicted molar refractivity (Wildman–Crippen MR) is 73.9 cm³/mol. The lowest BCUT2D eigenvalue weighted by Crippen LogP contribution is -2.52. The van der Waals surface area contributed by atoms with Crippen molar-refractivity contribution in [1.29, 1.82) is 0 Å². The molecule has 2 aliphatic rings. The van der Waals surface area contributed by atoms with Crippen molar-refractivity contribution in [2.75, 3.05) is 19.8 Å². The van der Waals surface area contributed by atoms with Crippen LogP contribution in [0.2, 0.25) is 0 Å². The molecule has 0 amide bonds. The molecule has 106 valence electrons. The molecule has 0 bridgehead atoms. The number of rotatable bonds is 5. The van der Waals surface area contributed by atoms with Gasteiger partial charge in [0.1, 0.15) is 5.76 Å². The first kappa shape index (κ1) is 13.2. The van der Waals surface area contributed by atoms with E-state index in [-0.39, 0.29) is 5.54 Å². The standard InChI is InChI=1S/C15H24N2O2/c1-15(2)11-18-6-5-17(15)9-14-7-12(10-19-14)8-16-13-3-4-13/h7,10,13,16H,3-6,8-9,11H2,1-2H3. The monoisotopic (exact) mass is 264 g/mol. The molecule has 4 heteroatoms. The van der Waals surface area contributed by atoms with Gasteiger partial charge in [-0.05, 0) is 32.8 Å². The Hall–Kier alpha value is -0.840. The minimum atomic E-state index is 0.0947. The van der Waals surface area contributed by atoms with Crippen molar-refractivity contribution in [3.05, 3.63) is 23.7 Å². The maximum Gasteiger partial charge on any atom is 0.118 e. The lowest BCUT2D eigenvalue weighted by Gasteiger charge is -2.41. The minimum absolute atomic E-state index is 0.0947. The Morgan fingerprint density at radius 1 is 1.42 bits per heavy atom. The molecule has 1 saturated carbocycles. The summed E-state index contributed by atoms with van der Waals surface area (Å²) >= 11 is 0. The zero-order chi connectivity index (χ0) is 13.3. The lowest BCUT2D eigenvalue weighted by atomic mass is 10.0. The van der Waals surface area contributed by atoms with Crippen molar-refractivity contribution in [3.8, 4) is 0 Å². The fraction of sp³-hybridized carbons (Fsp3) is 0.733. The molecule has 0 spiro atoms. The summed E-state index contributed by atoms with van der Waals surface area (Å²) in [4.78, 5) is 2.44. The van der Waals surface area contributed by atoms with E-state index < -0.39 is 0 Å². The van der Waals surface area contributed by atoms with Gasteiger partial charge in [0.25, 0.3) is 0 Å². The molecular weight excluding hydrogens is 240 g/mol. The number of nitrogens with zero attached hydrogens (tertiary/aromatic N) is 1. The number of nitrogens with one attached hydrogen (secondary N) is 1. The van der Waals surface area contributed by atoms with Crippen LogP contribution in [0.4, 0.5) is 0 Å². The van der Waals surface area contributed by atoms with Gasteiger partial charge in [0.2, 0.25) is 0 Å². The molecule has 4 nitrogen and oxygen atoms in total. The van der Waals surface area contributed by atoms with Gasteiger partial charge in [-0.15, -0.1) is 0 Å². The Kier molecular flexibility index (Phi) is 3.65. The highest BCUT2D eigenvalue weighted by Crippen LogP contribution is 2.23. The van der Waals surface area contributed by atoms with Gasteiger partial charge in [0, 0.05) is 30.2 Å². The van der Waals surface area contributed by atoms with Gasteiger partial charge in [-0.25, -0.2) is 0 Å². The summed E-state index contributed by atoms with van der Waals surface area (Å²) in [6.45, 7) is 8.85. The van der Waals surface area contributed by atoms with E-state index in [1.165, 1.54) is 18.4 Å². The second-order valence-electron chi connectivity index (χ2n) is 6.36. The van der Waals surface area contributed by atoms with Crippen LogP contribution in [0.5, 0.6) is 0 Å². The van der Waals surface area contributed by atoms with Crippen molar-refractivity contribution in [2.45, 2.75) is 51.4 Å². The van der Waals surface area contributed by atoms with E-state index in [1.807, 2.05) is 6.26 Å². The predicted octanol–water partition coefficient (Wildman–Crippen LogP) is 2.14. The fourth-order valence-corrected chi connectivity index (χ4v) is 2.52. The Bertz CT molecular complexity index is 424. The zero-order valence-electron chi connectivity index (χ0n) is 11.9. The highest BCUT2D eigenvalue weighted by atomic mass is 16.5. The Labute approximate surface area is 115 Å². The normalized spacial score (nSPS) is 23.7. The van der Waals surface area contributed by atoms with Crippen LogP contribution in [-0.2, 0) is 17.8 Å². The molecule has 0 atom stereocenters. The smallest absolute Gasteiger partial charge is 0.118 e. The van der Waals surface area contributed by atoms with Crippen LogP contribution in [0.3, 0.4) is 0 Å². The summed E-state index contributed by atoms with van der Waals surface area (Å²) in [7, 11) is 0. The first-order chi connectivity index (χ1) is 9.13. The quantitative estimate of drug-likeness (QED) is 0.884. The number of furan rings is 1. The zero-order valence-corrected chi connectivity index (χ0v) is 11.9. The van der Waals surface area contributed by atoms with Crippen LogP contribution >= 0.6 is 0 Å². The Morgan fingerprint density at radius 2 is 2.26 bits per heavy atom. The van der Waals surface area contributed by atoms with Crippen LogP contribution in [0.15, 0.2) is 16.7 Å². The third-order valence-electron chi connectivity index (χ3n) is 4.04. The minimum Gasteiger partial charge on any atom is -0.468 e. The number of morpholine rings is 1. The average molecular weight is 264 g/mol. The van der Waals surface area contributed by atoms with Crippen molar-refractivity contribution in [1.82, 2.24) is 10.2 Å². The second-order valence-corrected chi connectivity index (χ2v) is 6.36. The van der Waals surface area contributed by atoms with Gasteiger partial charge in [-0.1, -0.05) is 0 Å². The van der Waals surface area contributed by atoms with Crippen LogP contribution < -0.4 is 5.32 Å². The first-order valence-electron chi connectivity index (χ1n) is 7.26. The molecule has 1 aliphatic carbocycles. The number of hydrogen-bond acceptors (Lipinski definition) is 4. The molecular formula is C15H24N2O2. The molecule has 3 rings (SSSR count). The summed E-state index contributed by atoms with van der Waals surface area (Å²) in [6.07, 6.45) is 4.54. The molecule has 2 fully saturated rings. The van der Waals surface area contributed by atoms with E-state index in [2.05, 4.69) is 30.1 Å². The maximum absolute atomic E-state index is 5.69. The fourth-order valence-electron chi connectivity index (χ4n) is 2.52. The van der Waals surface area contributed by atoms with E-state index in [0.717, 1.165) is 44.7 Å². The highest BCUT2D eigenvalue weighted by molar-refractivity contribution is 5.13. The maximum atomic E-state index is 5.69. The molecule has 2 heterocycles. The molecule has 19 heavy (non-hydrogen) atoms. The van der Waals surface area contributed by atoms with Gasteiger partial charge >= 0.3 is 0 Å². The third kappa shape index (κ3) is 3.38. The summed E-state index contributed by atoms with van der Waals surface area (Å²) < 4.78 is 11.2. The van der Waals surface area contributed by atoms with Crippen LogP contribution in [0, 0.1) is 0 Å². The second kappa shape index (κ2) is 5.27. The summed E-state index contributed by atoms with van der Waals surface area (Å²) in [5.41, 5.74) is 1.35. The number of hydrogen-bond donors (Lipinski definition) is 1. The molecule has 1 aromatic rings.